The SMILES string of the molecule is Cc1ccc(N2CC(NC(=O)N3CCc4ccccc43)CC2=O)cc1. The predicted molar refractivity (Wildman–Crippen MR) is 98.0 cm³/mol. The normalized spacial score (nSPS) is 19.2. The molecule has 1 unspecified atom stereocenters. The molecule has 2 aliphatic heterocycles. The summed E-state index contributed by atoms with van der Waals surface area (Å²) in [4.78, 5) is 28.5. The molecule has 0 spiro atoms. The third-order valence-corrected chi connectivity index (χ3v) is 4.93. The quantitative estimate of drug-likeness (QED) is 0.917. The number of amides is 3. The number of benzene rings is 2. The fraction of sp³-hybridized carbons (Fsp3) is 0.300. The first kappa shape index (κ1) is 15.7. The minimum absolute atomic E-state index is 0.0518. The molecule has 4 rings (SSSR count). The van der Waals surface area contributed by atoms with Crippen molar-refractivity contribution in [3.63, 3.8) is 0 Å². The number of aryl methyl sites for hydroxylation is 1. The molecule has 0 radical (unpaired) electrons. The molecule has 1 atom stereocenters. The number of carbonyl (C=O) groups is 2. The van der Waals surface area contributed by atoms with Crippen LogP contribution in [0.4, 0.5) is 16.2 Å². The van der Waals surface area contributed by atoms with Crippen molar-refractivity contribution in [3.8, 4) is 0 Å². The van der Waals surface area contributed by atoms with Crippen LogP contribution >= 0.6 is 0 Å². The van der Waals surface area contributed by atoms with Crippen LogP contribution < -0.4 is 15.1 Å². The highest BCUT2D eigenvalue weighted by Gasteiger charge is 2.33. The van der Waals surface area contributed by atoms with Crippen LogP contribution in [0.3, 0.4) is 0 Å². The maximum atomic E-state index is 12.6. The number of rotatable bonds is 2. The van der Waals surface area contributed by atoms with Gasteiger partial charge in [-0.1, -0.05) is 35.9 Å². The summed E-state index contributed by atoms with van der Waals surface area (Å²) >= 11 is 0. The van der Waals surface area contributed by atoms with E-state index in [1.807, 2.05) is 49.4 Å². The first-order valence-electron chi connectivity index (χ1n) is 8.65. The molecule has 2 aromatic rings. The standard InChI is InChI=1S/C20H21N3O2/c1-14-6-8-17(9-7-14)23-13-16(12-19(23)24)21-20(25)22-11-10-15-4-2-3-5-18(15)22/h2-9,16H,10-13H2,1H3,(H,21,25). The molecule has 0 aliphatic carbocycles. The van der Waals surface area contributed by atoms with Gasteiger partial charge >= 0.3 is 6.03 Å². The van der Waals surface area contributed by atoms with E-state index in [1.54, 1.807) is 9.80 Å². The van der Waals surface area contributed by atoms with Crippen LogP contribution in [-0.2, 0) is 11.2 Å². The van der Waals surface area contributed by atoms with Crippen molar-refractivity contribution in [1.82, 2.24) is 5.32 Å². The van der Waals surface area contributed by atoms with Crippen LogP contribution in [0, 0.1) is 6.92 Å². The van der Waals surface area contributed by atoms with Gasteiger partial charge in [0.2, 0.25) is 5.91 Å². The first-order chi connectivity index (χ1) is 12.1. The van der Waals surface area contributed by atoms with Crippen molar-refractivity contribution in [2.24, 2.45) is 0 Å². The van der Waals surface area contributed by atoms with E-state index in [4.69, 9.17) is 0 Å². The fourth-order valence-corrected chi connectivity index (χ4v) is 3.58. The summed E-state index contributed by atoms with van der Waals surface area (Å²) in [5, 5.41) is 3.03. The lowest BCUT2D eigenvalue weighted by atomic mass is 10.2. The Morgan fingerprint density at radius 2 is 1.88 bits per heavy atom. The van der Waals surface area contributed by atoms with E-state index >= 15 is 0 Å². The molecule has 0 saturated carbocycles. The average molecular weight is 335 g/mol. The van der Waals surface area contributed by atoms with E-state index in [0.29, 0.717) is 19.5 Å². The monoisotopic (exact) mass is 335 g/mol. The van der Waals surface area contributed by atoms with Crippen molar-refractivity contribution in [2.75, 3.05) is 22.9 Å². The Hall–Kier alpha value is -2.82. The van der Waals surface area contributed by atoms with E-state index < -0.39 is 0 Å². The number of nitrogens with one attached hydrogen (secondary N) is 1. The van der Waals surface area contributed by atoms with Crippen LogP contribution in [-0.4, -0.2) is 31.1 Å². The minimum atomic E-state index is -0.158. The number of carbonyl (C=O) groups excluding carboxylic acids is 2. The van der Waals surface area contributed by atoms with Gasteiger partial charge in [-0.15, -0.1) is 0 Å². The van der Waals surface area contributed by atoms with E-state index in [1.165, 1.54) is 5.56 Å². The first-order valence-corrected chi connectivity index (χ1v) is 8.65. The highest BCUT2D eigenvalue weighted by molar-refractivity contribution is 5.98. The van der Waals surface area contributed by atoms with Crippen molar-refractivity contribution in [2.45, 2.75) is 25.8 Å². The van der Waals surface area contributed by atoms with Gasteiger partial charge in [0.15, 0.2) is 0 Å². The van der Waals surface area contributed by atoms with E-state index in [-0.39, 0.29) is 18.0 Å². The number of hydrogen-bond donors (Lipinski definition) is 1. The molecule has 0 bridgehead atoms. The molecular formula is C20H21N3O2. The third kappa shape index (κ3) is 2.97. The van der Waals surface area contributed by atoms with Gasteiger partial charge in [-0.25, -0.2) is 4.79 Å². The molecule has 25 heavy (non-hydrogen) atoms. The Balaban J connectivity index is 1.43. The second-order valence-electron chi connectivity index (χ2n) is 6.72. The topological polar surface area (TPSA) is 52.7 Å². The molecule has 2 aromatic carbocycles. The number of anilines is 2. The Morgan fingerprint density at radius 3 is 2.68 bits per heavy atom. The van der Waals surface area contributed by atoms with Crippen LogP contribution in [0.25, 0.3) is 0 Å². The number of fused-ring (bicyclic) bond motifs is 1. The molecule has 5 nitrogen and oxygen atoms in total. The van der Waals surface area contributed by atoms with Gasteiger partial charge in [0.05, 0.1) is 6.04 Å². The highest BCUT2D eigenvalue weighted by atomic mass is 16.2. The number of nitrogens with zero attached hydrogens (tertiary/aromatic N) is 2. The van der Waals surface area contributed by atoms with E-state index in [2.05, 4.69) is 11.4 Å². The van der Waals surface area contributed by atoms with Crippen molar-refractivity contribution in [3.05, 3.63) is 59.7 Å². The molecule has 0 aromatic heterocycles. The summed E-state index contributed by atoms with van der Waals surface area (Å²) in [6.45, 7) is 3.23. The lowest BCUT2D eigenvalue weighted by molar-refractivity contribution is -0.117. The molecule has 1 N–H and O–H groups in total. The molecule has 2 aliphatic rings. The van der Waals surface area contributed by atoms with Gasteiger partial charge in [-0.3, -0.25) is 9.69 Å². The molecule has 5 heteroatoms. The maximum absolute atomic E-state index is 12.6. The smallest absolute Gasteiger partial charge is 0.322 e. The molecule has 2 heterocycles. The minimum Gasteiger partial charge on any atom is -0.333 e. The van der Waals surface area contributed by atoms with Gasteiger partial charge < -0.3 is 10.2 Å². The second-order valence-corrected chi connectivity index (χ2v) is 6.72. The zero-order chi connectivity index (χ0) is 17.4. The van der Waals surface area contributed by atoms with Crippen molar-refractivity contribution >= 4 is 23.3 Å². The van der Waals surface area contributed by atoms with Crippen molar-refractivity contribution < 1.29 is 9.59 Å². The van der Waals surface area contributed by atoms with E-state index in [9.17, 15) is 9.59 Å². The second kappa shape index (κ2) is 6.24. The van der Waals surface area contributed by atoms with Gasteiger partial charge in [-0.05, 0) is 37.1 Å². The maximum Gasteiger partial charge on any atom is 0.322 e. The Labute approximate surface area is 147 Å². The summed E-state index contributed by atoms with van der Waals surface area (Å²) in [5.41, 5.74) is 4.22. The zero-order valence-corrected chi connectivity index (χ0v) is 14.2. The van der Waals surface area contributed by atoms with E-state index in [0.717, 1.165) is 23.4 Å². The summed E-state index contributed by atoms with van der Waals surface area (Å²) in [6.07, 6.45) is 1.22. The van der Waals surface area contributed by atoms with Gasteiger partial charge in [0, 0.05) is 30.9 Å². The zero-order valence-electron chi connectivity index (χ0n) is 14.2. The molecule has 3 amide bonds. The Morgan fingerprint density at radius 1 is 1.12 bits per heavy atom. The van der Waals surface area contributed by atoms with Crippen LogP contribution in [0.15, 0.2) is 48.5 Å². The van der Waals surface area contributed by atoms with Crippen LogP contribution in [0.2, 0.25) is 0 Å². The molecule has 1 fully saturated rings. The Kier molecular flexibility index (Phi) is 3.92. The number of para-hydroxylation sites is 1. The average Bonchev–Trinajstić information content (AvgIpc) is 3.19. The lowest BCUT2D eigenvalue weighted by Gasteiger charge is -2.21. The Bertz CT molecular complexity index is 816. The van der Waals surface area contributed by atoms with Gasteiger partial charge in [0.25, 0.3) is 0 Å². The summed E-state index contributed by atoms with van der Waals surface area (Å²) in [6, 6.07) is 15.6. The van der Waals surface area contributed by atoms with Crippen LogP contribution in [0.1, 0.15) is 17.5 Å². The van der Waals surface area contributed by atoms with Crippen LogP contribution in [0.5, 0.6) is 0 Å². The highest BCUT2D eigenvalue weighted by Crippen LogP contribution is 2.28. The summed E-state index contributed by atoms with van der Waals surface area (Å²) in [5.74, 6) is 0.0518. The molecular weight excluding hydrogens is 314 g/mol. The fourth-order valence-electron chi connectivity index (χ4n) is 3.58. The predicted octanol–water partition coefficient (Wildman–Crippen LogP) is 2.87. The number of urea groups is 1. The van der Waals surface area contributed by atoms with Gasteiger partial charge in [-0.2, -0.15) is 0 Å². The third-order valence-electron chi connectivity index (χ3n) is 4.93. The lowest BCUT2D eigenvalue weighted by Crippen LogP contribution is -2.45. The molecule has 128 valence electrons. The summed E-state index contributed by atoms with van der Waals surface area (Å²) < 4.78 is 0. The van der Waals surface area contributed by atoms with Crippen molar-refractivity contribution in [1.29, 1.82) is 0 Å². The molecule has 1 saturated heterocycles. The summed E-state index contributed by atoms with van der Waals surface area (Å²) in [7, 11) is 0. The van der Waals surface area contributed by atoms with Gasteiger partial charge in [0.1, 0.15) is 0 Å². The largest absolute Gasteiger partial charge is 0.333 e. The number of hydrogen-bond acceptors (Lipinski definition) is 2.